The van der Waals surface area contributed by atoms with Crippen molar-refractivity contribution < 1.29 is 10.2 Å². The Balaban J connectivity index is 1.52. The molecule has 2 aromatic carbocycles. The van der Waals surface area contributed by atoms with Crippen LogP contribution in [0.2, 0.25) is 0 Å². The van der Waals surface area contributed by atoms with E-state index in [4.69, 9.17) is 0 Å². The Kier molecular flexibility index (Phi) is 4.13. The predicted octanol–water partition coefficient (Wildman–Crippen LogP) is 2.63. The van der Waals surface area contributed by atoms with Gasteiger partial charge in [0, 0.05) is 0 Å². The predicted molar refractivity (Wildman–Crippen MR) is 112 cm³/mol. The molecule has 5 rings (SSSR count). The summed E-state index contributed by atoms with van der Waals surface area (Å²) in [7, 11) is 0. The number of nitrogens with one attached hydrogen (secondary N) is 2. The first-order valence-corrected chi connectivity index (χ1v) is 9.31. The third-order valence-corrected chi connectivity index (χ3v) is 4.99. The quantitative estimate of drug-likeness (QED) is 0.418. The highest BCUT2D eigenvalue weighted by Gasteiger charge is 2.23. The number of aliphatic imine (C=N–C) groups is 1. The molecule has 4 aromatic rings. The van der Waals surface area contributed by atoms with Gasteiger partial charge in [0.25, 0.3) is 0 Å². The topological polar surface area (TPSA) is 120 Å². The van der Waals surface area contributed by atoms with Gasteiger partial charge in [0.05, 0.1) is 25.8 Å². The standard InChI is InChI=1S/C21H18N6O3/c28-15-5-1-13(2-6-15)9-26-12-24-17-18-20(23-11-22-19(17)26)27(21(30)25-18)10-14-3-7-16(29)8-4-14/h1-8,11-12,28-29H,9-10H2,(H,22,23)(H,25,30). The number of imidazole rings is 2. The van der Waals surface area contributed by atoms with Crippen molar-refractivity contribution in [2.45, 2.75) is 13.1 Å². The maximum atomic E-state index is 12.6. The average molecular weight is 402 g/mol. The molecule has 0 spiro atoms. The van der Waals surface area contributed by atoms with Crippen LogP contribution >= 0.6 is 0 Å². The van der Waals surface area contributed by atoms with Crippen LogP contribution in [0.3, 0.4) is 0 Å². The van der Waals surface area contributed by atoms with Gasteiger partial charge in [-0.3, -0.25) is 4.57 Å². The Labute approximate surface area is 170 Å². The molecule has 0 aliphatic carbocycles. The molecule has 0 bridgehead atoms. The Hall–Kier alpha value is -4.27. The lowest BCUT2D eigenvalue weighted by molar-refractivity contribution is 0.474. The lowest BCUT2D eigenvalue weighted by Crippen LogP contribution is -2.19. The number of nitrogens with zero attached hydrogens (tertiary/aromatic N) is 4. The second-order valence-corrected chi connectivity index (χ2v) is 7.02. The number of aromatic hydroxyl groups is 2. The van der Waals surface area contributed by atoms with Crippen LogP contribution in [0.4, 0.5) is 11.6 Å². The number of H-pyrrole nitrogens is 1. The highest BCUT2D eigenvalue weighted by molar-refractivity contribution is 5.90. The minimum atomic E-state index is -0.269. The highest BCUT2D eigenvalue weighted by Crippen LogP contribution is 2.34. The number of aromatic amines is 1. The van der Waals surface area contributed by atoms with E-state index in [-0.39, 0.29) is 17.2 Å². The van der Waals surface area contributed by atoms with Crippen molar-refractivity contribution in [1.82, 2.24) is 19.1 Å². The van der Waals surface area contributed by atoms with Crippen molar-refractivity contribution in [2.75, 3.05) is 5.32 Å². The lowest BCUT2D eigenvalue weighted by atomic mass is 10.2. The summed E-state index contributed by atoms with van der Waals surface area (Å²) in [6, 6.07) is 13.6. The van der Waals surface area contributed by atoms with Crippen molar-refractivity contribution in [3.05, 3.63) is 76.5 Å². The fourth-order valence-electron chi connectivity index (χ4n) is 3.48. The minimum absolute atomic E-state index is 0.174. The number of rotatable bonds is 4. The fourth-order valence-corrected chi connectivity index (χ4v) is 3.48. The van der Waals surface area contributed by atoms with Crippen molar-refractivity contribution >= 4 is 18.0 Å². The Bertz CT molecular complexity index is 1300. The zero-order valence-electron chi connectivity index (χ0n) is 15.8. The number of anilines is 1. The van der Waals surface area contributed by atoms with Crippen LogP contribution in [-0.4, -0.2) is 35.7 Å². The third-order valence-electron chi connectivity index (χ3n) is 4.99. The molecule has 9 nitrogen and oxygen atoms in total. The Morgan fingerprint density at radius 3 is 2.20 bits per heavy atom. The van der Waals surface area contributed by atoms with Crippen LogP contribution in [0, 0.1) is 0 Å². The van der Waals surface area contributed by atoms with Crippen molar-refractivity contribution in [3.8, 4) is 22.9 Å². The molecule has 4 N–H and O–H groups in total. The lowest BCUT2D eigenvalue weighted by Gasteiger charge is -2.07. The van der Waals surface area contributed by atoms with E-state index in [1.54, 1.807) is 53.6 Å². The van der Waals surface area contributed by atoms with Crippen LogP contribution in [0.1, 0.15) is 11.1 Å². The maximum absolute atomic E-state index is 12.6. The first kappa shape index (κ1) is 17.8. The van der Waals surface area contributed by atoms with Crippen LogP contribution in [0.25, 0.3) is 11.4 Å². The second-order valence-electron chi connectivity index (χ2n) is 7.02. The van der Waals surface area contributed by atoms with Gasteiger partial charge in [-0.1, -0.05) is 24.3 Å². The molecule has 0 unspecified atom stereocenters. The fraction of sp³-hybridized carbons (Fsp3) is 0.0952. The molecule has 0 amide bonds. The molecule has 3 heterocycles. The van der Waals surface area contributed by atoms with E-state index in [9.17, 15) is 15.0 Å². The Morgan fingerprint density at radius 2 is 1.53 bits per heavy atom. The summed E-state index contributed by atoms with van der Waals surface area (Å²) in [6.07, 6.45) is 3.22. The molecule has 2 aromatic heterocycles. The summed E-state index contributed by atoms with van der Waals surface area (Å²) in [5, 5.41) is 22.0. The number of fused-ring (bicyclic) bond motifs is 3. The van der Waals surface area contributed by atoms with E-state index in [0.29, 0.717) is 36.1 Å². The zero-order chi connectivity index (χ0) is 20.7. The van der Waals surface area contributed by atoms with Gasteiger partial charge in [-0.25, -0.2) is 14.8 Å². The van der Waals surface area contributed by atoms with E-state index in [2.05, 4.69) is 20.3 Å². The van der Waals surface area contributed by atoms with Gasteiger partial charge < -0.3 is 25.1 Å². The van der Waals surface area contributed by atoms with Crippen LogP contribution in [0.5, 0.6) is 11.5 Å². The van der Waals surface area contributed by atoms with Crippen LogP contribution < -0.4 is 11.0 Å². The molecule has 1 aliphatic heterocycles. The van der Waals surface area contributed by atoms with Gasteiger partial charge in [-0.2, -0.15) is 0 Å². The van der Waals surface area contributed by atoms with Crippen molar-refractivity contribution in [3.63, 3.8) is 0 Å². The number of benzene rings is 2. The molecule has 150 valence electrons. The SMILES string of the molecule is O=c1[nH]c2c(n1Cc1ccc(O)cc1)NC=Nc1c-2ncn1Cc1ccc(O)cc1. The highest BCUT2D eigenvalue weighted by atomic mass is 16.3. The third kappa shape index (κ3) is 3.12. The van der Waals surface area contributed by atoms with Crippen LogP contribution in [-0.2, 0) is 13.1 Å². The summed E-state index contributed by atoms with van der Waals surface area (Å²) >= 11 is 0. The molecule has 1 aliphatic rings. The summed E-state index contributed by atoms with van der Waals surface area (Å²) in [5.41, 5.74) is 2.73. The number of phenolic OH excluding ortho intramolecular Hbond substituents is 2. The second kappa shape index (κ2) is 6.96. The largest absolute Gasteiger partial charge is 0.508 e. The first-order valence-electron chi connectivity index (χ1n) is 9.31. The molecule has 0 atom stereocenters. The molecule has 0 radical (unpaired) electrons. The average Bonchev–Trinajstić information content (AvgIpc) is 3.21. The molecular formula is C21H18N6O3. The molecule has 9 heteroatoms. The summed E-state index contributed by atoms with van der Waals surface area (Å²) < 4.78 is 3.45. The van der Waals surface area contributed by atoms with E-state index in [1.165, 1.54) is 0 Å². The van der Waals surface area contributed by atoms with Crippen LogP contribution in [0.15, 0.2) is 64.6 Å². The molecule has 0 saturated carbocycles. The smallest absolute Gasteiger partial charge is 0.327 e. The number of aromatic nitrogens is 4. The number of phenols is 2. The normalized spacial score (nSPS) is 12.1. The first-order chi connectivity index (χ1) is 14.6. The Morgan fingerprint density at radius 1 is 0.900 bits per heavy atom. The van der Waals surface area contributed by atoms with Gasteiger partial charge >= 0.3 is 5.69 Å². The molecule has 0 saturated heterocycles. The zero-order valence-corrected chi connectivity index (χ0v) is 15.8. The van der Waals surface area contributed by atoms with E-state index < -0.39 is 0 Å². The maximum Gasteiger partial charge on any atom is 0.327 e. The van der Waals surface area contributed by atoms with Gasteiger partial charge in [0.1, 0.15) is 28.7 Å². The molecular weight excluding hydrogens is 384 g/mol. The summed E-state index contributed by atoms with van der Waals surface area (Å²) in [4.78, 5) is 24.5. The molecule has 0 fully saturated rings. The van der Waals surface area contributed by atoms with Crippen molar-refractivity contribution in [1.29, 1.82) is 0 Å². The summed E-state index contributed by atoms with van der Waals surface area (Å²) in [6.45, 7) is 0.850. The van der Waals surface area contributed by atoms with E-state index in [1.807, 2.05) is 16.7 Å². The molecule has 30 heavy (non-hydrogen) atoms. The van der Waals surface area contributed by atoms with Gasteiger partial charge in [-0.05, 0) is 35.4 Å². The van der Waals surface area contributed by atoms with Crippen molar-refractivity contribution in [2.24, 2.45) is 4.99 Å². The van der Waals surface area contributed by atoms with Gasteiger partial charge in [0.2, 0.25) is 0 Å². The van der Waals surface area contributed by atoms with Gasteiger partial charge in [-0.15, -0.1) is 0 Å². The van der Waals surface area contributed by atoms with E-state index in [0.717, 1.165) is 11.1 Å². The number of hydrogen-bond acceptors (Lipinski definition) is 6. The number of hydrogen-bond donors (Lipinski definition) is 4. The van der Waals surface area contributed by atoms with Gasteiger partial charge in [0.15, 0.2) is 5.82 Å². The minimum Gasteiger partial charge on any atom is -0.508 e. The van der Waals surface area contributed by atoms with E-state index >= 15 is 0 Å². The summed E-state index contributed by atoms with van der Waals surface area (Å²) in [5.74, 6) is 1.58. The monoisotopic (exact) mass is 402 g/mol.